The molecule has 0 aliphatic rings. The summed E-state index contributed by atoms with van der Waals surface area (Å²) in [7, 11) is 0. The zero-order valence-electron chi connectivity index (χ0n) is 35.4. The molecule has 1 N–H and O–H groups in total. The SMILES string of the molecule is CCCCCCCCC=CCCCCCCCCCCCC(=O)OC(CNc1ccccc1)COC(=O)CCCCCCCC=CCCCCCCCC. The minimum absolute atomic E-state index is 0.0883. The Morgan fingerprint density at radius 2 is 0.870 bits per heavy atom. The number of esters is 2. The average Bonchev–Trinajstić information content (AvgIpc) is 3.18. The smallest absolute Gasteiger partial charge is 0.306 e. The fourth-order valence-corrected chi connectivity index (χ4v) is 6.81. The minimum atomic E-state index is -0.508. The van der Waals surface area contributed by atoms with Crippen molar-refractivity contribution in [3.63, 3.8) is 0 Å². The van der Waals surface area contributed by atoms with E-state index in [9.17, 15) is 9.59 Å². The molecule has 0 saturated carbocycles. The van der Waals surface area contributed by atoms with Gasteiger partial charge in [-0.05, 0) is 76.3 Å². The lowest BCUT2D eigenvalue weighted by Crippen LogP contribution is -2.31. The Hall–Kier alpha value is -2.56. The maximum Gasteiger partial charge on any atom is 0.306 e. The lowest BCUT2D eigenvalue weighted by molar-refractivity contribution is -0.158. The third kappa shape index (κ3) is 35.2. The molecular formula is C49H85NO4. The molecule has 1 rings (SSSR count). The second-order valence-electron chi connectivity index (χ2n) is 15.6. The van der Waals surface area contributed by atoms with Crippen molar-refractivity contribution < 1.29 is 19.1 Å². The highest BCUT2D eigenvalue weighted by Crippen LogP contribution is 2.15. The van der Waals surface area contributed by atoms with Gasteiger partial charge in [0.25, 0.3) is 0 Å². The van der Waals surface area contributed by atoms with E-state index in [1.165, 1.54) is 154 Å². The maximum absolute atomic E-state index is 12.7. The Morgan fingerprint density at radius 1 is 0.500 bits per heavy atom. The van der Waals surface area contributed by atoms with Gasteiger partial charge in [-0.3, -0.25) is 9.59 Å². The third-order valence-electron chi connectivity index (χ3n) is 10.3. The molecule has 0 aromatic heterocycles. The number of anilines is 1. The van der Waals surface area contributed by atoms with Crippen molar-refractivity contribution in [2.75, 3.05) is 18.5 Å². The maximum atomic E-state index is 12.7. The highest BCUT2D eigenvalue weighted by Gasteiger charge is 2.17. The number of para-hydroxylation sites is 1. The van der Waals surface area contributed by atoms with Crippen LogP contribution in [0, 0.1) is 0 Å². The van der Waals surface area contributed by atoms with Crippen molar-refractivity contribution in [3.05, 3.63) is 54.6 Å². The lowest BCUT2D eigenvalue weighted by Gasteiger charge is -2.19. The van der Waals surface area contributed by atoms with Crippen molar-refractivity contribution in [1.82, 2.24) is 0 Å². The first-order valence-corrected chi connectivity index (χ1v) is 23.1. The summed E-state index contributed by atoms with van der Waals surface area (Å²) in [6.07, 6.45) is 47.4. The molecule has 5 heteroatoms. The fourth-order valence-electron chi connectivity index (χ4n) is 6.81. The van der Waals surface area contributed by atoms with Crippen LogP contribution in [0.25, 0.3) is 0 Å². The van der Waals surface area contributed by atoms with E-state index in [2.05, 4.69) is 43.5 Å². The summed E-state index contributed by atoms with van der Waals surface area (Å²) in [5, 5.41) is 3.33. The predicted octanol–water partition coefficient (Wildman–Crippen LogP) is 15.2. The summed E-state index contributed by atoms with van der Waals surface area (Å²) in [6.45, 7) is 5.04. The predicted molar refractivity (Wildman–Crippen MR) is 233 cm³/mol. The molecule has 0 heterocycles. The van der Waals surface area contributed by atoms with E-state index in [0.717, 1.165) is 44.2 Å². The number of allylic oxidation sites excluding steroid dienone is 4. The van der Waals surface area contributed by atoms with Gasteiger partial charge in [0.1, 0.15) is 6.61 Å². The molecule has 54 heavy (non-hydrogen) atoms. The summed E-state index contributed by atoms with van der Waals surface area (Å²) in [5.74, 6) is -0.409. The molecule has 0 bridgehead atoms. The van der Waals surface area contributed by atoms with Gasteiger partial charge in [-0.25, -0.2) is 0 Å². The number of carbonyl (C=O) groups is 2. The van der Waals surface area contributed by atoms with Crippen LogP contribution in [0.1, 0.15) is 219 Å². The highest BCUT2D eigenvalue weighted by atomic mass is 16.6. The van der Waals surface area contributed by atoms with Crippen LogP contribution in [0.2, 0.25) is 0 Å². The fraction of sp³-hybridized carbons (Fsp3) is 0.755. The van der Waals surface area contributed by atoms with Crippen LogP contribution >= 0.6 is 0 Å². The largest absolute Gasteiger partial charge is 0.462 e. The van der Waals surface area contributed by atoms with Crippen molar-refractivity contribution in [2.24, 2.45) is 0 Å². The van der Waals surface area contributed by atoms with Crippen LogP contribution in [0.5, 0.6) is 0 Å². The first-order valence-electron chi connectivity index (χ1n) is 23.1. The van der Waals surface area contributed by atoms with Crippen LogP contribution < -0.4 is 5.32 Å². The van der Waals surface area contributed by atoms with Gasteiger partial charge < -0.3 is 14.8 Å². The normalized spacial score (nSPS) is 12.1. The quantitative estimate of drug-likeness (QED) is 0.0411. The highest BCUT2D eigenvalue weighted by molar-refractivity contribution is 5.70. The monoisotopic (exact) mass is 752 g/mol. The van der Waals surface area contributed by atoms with Crippen LogP contribution in [0.3, 0.4) is 0 Å². The molecular weight excluding hydrogens is 667 g/mol. The van der Waals surface area contributed by atoms with Crippen LogP contribution in [0.15, 0.2) is 54.6 Å². The number of nitrogens with one attached hydrogen (secondary N) is 1. The molecule has 0 spiro atoms. The number of hydrogen-bond acceptors (Lipinski definition) is 5. The molecule has 0 amide bonds. The van der Waals surface area contributed by atoms with E-state index in [4.69, 9.17) is 9.47 Å². The van der Waals surface area contributed by atoms with E-state index >= 15 is 0 Å². The summed E-state index contributed by atoms with van der Waals surface area (Å²) in [4.78, 5) is 25.2. The number of hydrogen-bond donors (Lipinski definition) is 1. The van der Waals surface area contributed by atoms with Crippen LogP contribution in [-0.2, 0) is 19.1 Å². The minimum Gasteiger partial charge on any atom is -0.462 e. The summed E-state index contributed by atoms with van der Waals surface area (Å²) < 4.78 is 11.4. The zero-order valence-corrected chi connectivity index (χ0v) is 35.4. The van der Waals surface area contributed by atoms with Gasteiger partial charge in [-0.15, -0.1) is 0 Å². The van der Waals surface area contributed by atoms with Crippen molar-refractivity contribution in [2.45, 2.75) is 225 Å². The first kappa shape index (κ1) is 49.5. The van der Waals surface area contributed by atoms with Gasteiger partial charge in [-0.1, -0.05) is 185 Å². The first-order chi connectivity index (χ1) is 26.7. The molecule has 1 aromatic rings. The second kappa shape index (κ2) is 40.1. The standard InChI is InChI=1S/C49H85NO4/c1-3-5-7-9-11-13-15-17-19-20-21-22-24-26-28-30-32-34-39-43-49(52)54-47(44-50-46-40-36-35-37-41-46)45-53-48(51)42-38-33-31-29-27-25-23-18-16-14-12-10-8-6-4-2/h17-19,23,35-37,40-41,47,50H,3-16,20-22,24-34,38-39,42-45H2,1-2H3. The molecule has 0 aliphatic heterocycles. The molecule has 0 radical (unpaired) electrons. The van der Waals surface area contributed by atoms with Crippen molar-refractivity contribution in [3.8, 4) is 0 Å². The number of ether oxygens (including phenoxy) is 2. The van der Waals surface area contributed by atoms with Gasteiger partial charge >= 0.3 is 11.9 Å². The van der Waals surface area contributed by atoms with E-state index < -0.39 is 6.10 Å². The lowest BCUT2D eigenvalue weighted by atomic mass is 10.1. The molecule has 0 saturated heterocycles. The van der Waals surface area contributed by atoms with Gasteiger partial charge in [0.2, 0.25) is 0 Å². The van der Waals surface area contributed by atoms with Crippen LogP contribution in [0.4, 0.5) is 5.69 Å². The van der Waals surface area contributed by atoms with E-state index in [0.29, 0.717) is 19.4 Å². The topological polar surface area (TPSA) is 64.6 Å². The number of rotatable bonds is 40. The summed E-state index contributed by atoms with van der Waals surface area (Å²) >= 11 is 0. The Balaban J connectivity index is 2.11. The van der Waals surface area contributed by atoms with Gasteiger partial charge in [0, 0.05) is 18.5 Å². The summed E-state index contributed by atoms with van der Waals surface area (Å²) in [6, 6.07) is 9.86. The van der Waals surface area contributed by atoms with E-state index in [1.54, 1.807) is 0 Å². The second-order valence-corrected chi connectivity index (χ2v) is 15.6. The molecule has 1 aromatic carbocycles. The van der Waals surface area contributed by atoms with Gasteiger partial charge in [0.05, 0.1) is 6.54 Å². The molecule has 1 unspecified atom stereocenters. The van der Waals surface area contributed by atoms with E-state index in [-0.39, 0.29) is 18.5 Å². The zero-order chi connectivity index (χ0) is 38.8. The molecule has 310 valence electrons. The van der Waals surface area contributed by atoms with Gasteiger partial charge in [-0.2, -0.15) is 0 Å². The Kier molecular flexibility index (Phi) is 36.7. The van der Waals surface area contributed by atoms with Gasteiger partial charge in [0.15, 0.2) is 6.10 Å². The number of carbonyl (C=O) groups excluding carboxylic acids is 2. The third-order valence-corrected chi connectivity index (χ3v) is 10.3. The average molecular weight is 752 g/mol. The molecule has 0 aliphatic carbocycles. The number of benzene rings is 1. The molecule has 5 nitrogen and oxygen atoms in total. The Labute approximate surface area is 334 Å². The number of unbranched alkanes of at least 4 members (excludes halogenated alkanes) is 26. The summed E-state index contributed by atoms with van der Waals surface area (Å²) in [5.41, 5.74) is 0.953. The van der Waals surface area contributed by atoms with Crippen LogP contribution in [-0.4, -0.2) is 31.2 Å². The van der Waals surface area contributed by atoms with Crippen molar-refractivity contribution >= 4 is 17.6 Å². The Bertz CT molecular complexity index is 1010. The molecule has 1 atom stereocenters. The molecule has 0 fully saturated rings. The Morgan fingerprint density at radius 3 is 1.30 bits per heavy atom. The van der Waals surface area contributed by atoms with E-state index in [1.807, 2.05) is 30.3 Å². The van der Waals surface area contributed by atoms with Crippen molar-refractivity contribution in [1.29, 1.82) is 0 Å².